The molecule has 1 saturated carbocycles. The summed E-state index contributed by atoms with van der Waals surface area (Å²) in [6, 6.07) is 1.79. The van der Waals surface area contributed by atoms with Crippen LogP contribution in [0.2, 0.25) is 0 Å². The fourth-order valence-corrected chi connectivity index (χ4v) is 4.04. The van der Waals surface area contributed by atoms with Crippen LogP contribution in [0.4, 0.5) is 14.9 Å². The predicted octanol–water partition coefficient (Wildman–Crippen LogP) is 2.26. The average molecular weight is 540 g/mol. The van der Waals surface area contributed by atoms with Crippen LogP contribution < -0.4 is 16.2 Å². The Hall–Kier alpha value is -4.55. The Balaban J connectivity index is 1.48. The number of rotatable bonds is 11. The molecule has 206 valence electrons. The average Bonchev–Trinajstić information content (AvgIpc) is 3.60. The van der Waals surface area contributed by atoms with Crippen molar-refractivity contribution in [2.75, 3.05) is 19.4 Å². The molecule has 0 aromatic carbocycles. The zero-order valence-corrected chi connectivity index (χ0v) is 21.6. The summed E-state index contributed by atoms with van der Waals surface area (Å²) in [4.78, 5) is 61.8. The van der Waals surface area contributed by atoms with Crippen LogP contribution in [-0.4, -0.2) is 67.6 Å². The molecule has 0 saturated heterocycles. The molecular formula is C26H30FN7O5. The maximum absolute atomic E-state index is 14.4. The number of fused-ring (bicyclic) bond motifs is 1. The lowest BCUT2D eigenvalue weighted by Gasteiger charge is -2.16. The van der Waals surface area contributed by atoms with Gasteiger partial charge in [-0.3, -0.25) is 19.4 Å². The number of amides is 3. The number of hydrogen-bond acceptors (Lipinski definition) is 6. The largest absolute Gasteiger partial charge is 0.465 e. The van der Waals surface area contributed by atoms with Gasteiger partial charge >= 0.3 is 6.09 Å². The Morgan fingerprint density at radius 3 is 2.79 bits per heavy atom. The summed E-state index contributed by atoms with van der Waals surface area (Å²) in [5.74, 6) is -0.630. The van der Waals surface area contributed by atoms with Gasteiger partial charge in [0.2, 0.25) is 11.8 Å². The minimum absolute atomic E-state index is 0.0129. The second-order valence-corrected chi connectivity index (χ2v) is 9.67. The minimum atomic E-state index is -1.40. The van der Waals surface area contributed by atoms with Crippen molar-refractivity contribution in [1.29, 1.82) is 0 Å². The molecule has 3 heterocycles. The number of aromatic amines is 1. The quantitative estimate of drug-likeness (QED) is 0.272. The Kier molecular flexibility index (Phi) is 8.37. The molecule has 3 aromatic heterocycles. The van der Waals surface area contributed by atoms with Gasteiger partial charge in [0.1, 0.15) is 23.1 Å². The molecule has 1 aliphatic carbocycles. The number of halogens is 1. The zero-order valence-electron chi connectivity index (χ0n) is 21.6. The van der Waals surface area contributed by atoms with Crippen LogP contribution in [-0.2, 0) is 22.6 Å². The van der Waals surface area contributed by atoms with Gasteiger partial charge in [0.05, 0.1) is 24.0 Å². The molecule has 12 nitrogen and oxygen atoms in total. The van der Waals surface area contributed by atoms with E-state index in [0.717, 1.165) is 31.2 Å². The normalized spacial score (nSPS) is 13.9. The van der Waals surface area contributed by atoms with E-state index < -0.39 is 29.4 Å². The Labute approximate surface area is 222 Å². The number of hydrogen-bond donors (Lipinski definition) is 4. The molecule has 1 aliphatic rings. The van der Waals surface area contributed by atoms with Crippen molar-refractivity contribution < 1.29 is 23.9 Å². The predicted molar refractivity (Wildman–Crippen MR) is 141 cm³/mol. The SMILES string of the molecule is CN(C)C(=O)/C=C/CCC(NC(=O)O)C(=O)Nc1cccn(Cc2nc3c(F)cnc(CC4CC4)c3[nH]2)c1=O. The van der Waals surface area contributed by atoms with Gasteiger partial charge in [-0.15, -0.1) is 0 Å². The number of H-pyrrole nitrogens is 1. The van der Waals surface area contributed by atoms with Crippen LogP contribution in [0.15, 0.2) is 41.5 Å². The molecule has 0 radical (unpaired) electrons. The summed E-state index contributed by atoms with van der Waals surface area (Å²) in [6.07, 6.45) is 7.42. The first-order valence-electron chi connectivity index (χ1n) is 12.5. The van der Waals surface area contributed by atoms with Gasteiger partial charge in [0.25, 0.3) is 5.56 Å². The zero-order chi connectivity index (χ0) is 28.1. The first kappa shape index (κ1) is 27.5. The summed E-state index contributed by atoms with van der Waals surface area (Å²) in [6.45, 7) is -0.0129. The summed E-state index contributed by atoms with van der Waals surface area (Å²) < 4.78 is 15.7. The van der Waals surface area contributed by atoms with Crippen LogP contribution in [0.3, 0.4) is 0 Å². The monoisotopic (exact) mass is 539 g/mol. The lowest BCUT2D eigenvalue weighted by atomic mass is 10.1. The van der Waals surface area contributed by atoms with Crippen LogP contribution in [0, 0.1) is 11.7 Å². The van der Waals surface area contributed by atoms with Crippen LogP contribution in [0.5, 0.6) is 0 Å². The molecule has 1 fully saturated rings. The topological polar surface area (TPSA) is 162 Å². The van der Waals surface area contributed by atoms with E-state index >= 15 is 0 Å². The Bertz CT molecular complexity index is 1480. The van der Waals surface area contributed by atoms with Crippen LogP contribution >= 0.6 is 0 Å². The van der Waals surface area contributed by atoms with E-state index in [1.165, 1.54) is 27.8 Å². The molecular weight excluding hydrogens is 509 g/mol. The van der Waals surface area contributed by atoms with Crippen molar-refractivity contribution in [3.8, 4) is 0 Å². The van der Waals surface area contributed by atoms with E-state index in [9.17, 15) is 23.6 Å². The van der Waals surface area contributed by atoms with E-state index in [-0.39, 0.29) is 36.5 Å². The van der Waals surface area contributed by atoms with Gasteiger partial charge in [-0.05, 0) is 56.2 Å². The first-order valence-corrected chi connectivity index (χ1v) is 12.5. The number of nitrogens with one attached hydrogen (secondary N) is 3. The van der Waals surface area contributed by atoms with E-state index in [1.807, 2.05) is 0 Å². The highest BCUT2D eigenvalue weighted by atomic mass is 19.1. The van der Waals surface area contributed by atoms with Gasteiger partial charge in [-0.1, -0.05) is 6.08 Å². The minimum Gasteiger partial charge on any atom is -0.465 e. The highest BCUT2D eigenvalue weighted by Gasteiger charge is 2.25. The smallest absolute Gasteiger partial charge is 0.405 e. The van der Waals surface area contributed by atoms with E-state index in [2.05, 4.69) is 25.6 Å². The molecule has 1 atom stereocenters. The summed E-state index contributed by atoms with van der Waals surface area (Å²) in [7, 11) is 3.19. The highest BCUT2D eigenvalue weighted by molar-refractivity contribution is 5.96. The molecule has 39 heavy (non-hydrogen) atoms. The van der Waals surface area contributed by atoms with Gasteiger partial charge in [0.15, 0.2) is 5.82 Å². The number of allylic oxidation sites excluding steroid dienone is 1. The van der Waals surface area contributed by atoms with Crippen molar-refractivity contribution >= 4 is 34.6 Å². The number of carbonyl (C=O) groups is 3. The third kappa shape index (κ3) is 7.06. The molecule has 4 rings (SSSR count). The van der Waals surface area contributed by atoms with Crippen molar-refractivity contribution in [2.24, 2.45) is 5.92 Å². The molecule has 13 heteroatoms. The Morgan fingerprint density at radius 1 is 1.33 bits per heavy atom. The van der Waals surface area contributed by atoms with Gasteiger partial charge in [0, 0.05) is 20.3 Å². The summed E-state index contributed by atoms with van der Waals surface area (Å²) >= 11 is 0. The number of imidazole rings is 1. The van der Waals surface area contributed by atoms with Crippen molar-refractivity contribution in [2.45, 2.75) is 44.7 Å². The van der Waals surface area contributed by atoms with Crippen molar-refractivity contribution in [1.82, 2.24) is 29.7 Å². The van der Waals surface area contributed by atoms with Gasteiger partial charge in [-0.2, -0.15) is 0 Å². The molecule has 0 aliphatic heterocycles. The molecule has 1 unspecified atom stereocenters. The third-order valence-corrected chi connectivity index (χ3v) is 6.32. The molecule has 0 spiro atoms. The summed E-state index contributed by atoms with van der Waals surface area (Å²) in [5, 5.41) is 13.8. The lowest BCUT2D eigenvalue weighted by molar-refractivity contribution is -0.123. The second-order valence-electron chi connectivity index (χ2n) is 9.67. The van der Waals surface area contributed by atoms with Crippen molar-refractivity contribution in [3.63, 3.8) is 0 Å². The number of carboxylic acid groups (broad SMARTS) is 1. The van der Waals surface area contributed by atoms with Crippen molar-refractivity contribution in [3.05, 3.63) is 64.4 Å². The van der Waals surface area contributed by atoms with E-state index in [0.29, 0.717) is 17.3 Å². The van der Waals surface area contributed by atoms with Crippen LogP contribution in [0.25, 0.3) is 11.0 Å². The molecule has 3 amide bonds. The Morgan fingerprint density at radius 2 is 2.10 bits per heavy atom. The summed E-state index contributed by atoms with van der Waals surface area (Å²) in [5.41, 5.74) is 0.805. The van der Waals surface area contributed by atoms with E-state index in [4.69, 9.17) is 5.11 Å². The third-order valence-electron chi connectivity index (χ3n) is 6.32. The number of carbonyl (C=O) groups excluding carboxylic acids is 2. The fraction of sp³-hybridized carbons (Fsp3) is 0.385. The number of nitrogens with zero attached hydrogens (tertiary/aromatic N) is 4. The van der Waals surface area contributed by atoms with Gasteiger partial charge in [-0.25, -0.2) is 14.2 Å². The number of aromatic nitrogens is 4. The standard InChI is InChI=1S/C26H30FN7O5/c1-33(2)21(35)8-4-3-6-17(30-26(38)39)24(36)29-18-7-5-11-34(25(18)37)14-20-31-22-16(27)13-28-19(23(22)32-20)12-15-9-10-15/h4-5,7-8,11,13,15,17,30H,3,6,9-10,12,14H2,1-2H3,(H,29,36)(H,31,32)(H,38,39)/b8-4+. The molecule has 4 N–H and O–H groups in total. The molecule has 0 bridgehead atoms. The number of anilines is 1. The number of pyridine rings is 2. The second kappa shape index (κ2) is 11.9. The highest BCUT2D eigenvalue weighted by Crippen LogP contribution is 2.33. The van der Waals surface area contributed by atoms with Crippen LogP contribution in [0.1, 0.15) is 37.2 Å². The van der Waals surface area contributed by atoms with E-state index in [1.54, 1.807) is 26.2 Å². The first-order chi connectivity index (χ1) is 18.6. The number of likely N-dealkylation sites (N-methyl/N-ethyl adjacent to an activating group) is 1. The maximum Gasteiger partial charge on any atom is 0.405 e. The lowest BCUT2D eigenvalue weighted by Crippen LogP contribution is -2.44. The van der Waals surface area contributed by atoms with Gasteiger partial charge < -0.3 is 30.2 Å². The maximum atomic E-state index is 14.4. The molecule has 3 aromatic rings. The fourth-order valence-electron chi connectivity index (χ4n) is 4.04.